The first-order chi connectivity index (χ1) is 18.7. The second kappa shape index (κ2) is 12.7. The Morgan fingerprint density at radius 3 is 2.44 bits per heavy atom. The average molecular weight is 554 g/mol. The third-order valence-corrected chi connectivity index (χ3v) is 7.28. The minimum atomic E-state index is -0.437. The van der Waals surface area contributed by atoms with Crippen molar-refractivity contribution in [2.24, 2.45) is 0 Å². The number of hydrogen-bond acceptors (Lipinski definition) is 7. The maximum absolute atomic E-state index is 13.2. The number of halogens is 1. The number of rotatable bonds is 9. The van der Waals surface area contributed by atoms with E-state index in [1.165, 1.54) is 40.5 Å². The van der Waals surface area contributed by atoms with Gasteiger partial charge < -0.3 is 24.8 Å². The van der Waals surface area contributed by atoms with Crippen LogP contribution < -0.4 is 15.0 Å². The van der Waals surface area contributed by atoms with Crippen LogP contribution >= 0.6 is 11.3 Å². The van der Waals surface area contributed by atoms with Gasteiger partial charge in [0.25, 0.3) is 5.91 Å². The predicted octanol–water partition coefficient (Wildman–Crippen LogP) is 3.67. The zero-order valence-electron chi connectivity index (χ0n) is 22.2. The molecule has 2 heterocycles. The maximum atomic E-state index is 13.2. The zero-order chi connectivity index (χ0) is 27.9. The third kappa shape index (κ3) is 7.11. The summed E-state index contributed by atoms with van der Waals surface area (Å²) in [5.74, 6) is -0.414. The summed E-state index contributed by atoms with van der Waals surface area (Å²) in [4.78, 5) is 48.3. The average Bonchev–Trinajstić information content (AvgIpc) is 3.37. The van der Waals surface area contributed by atoms with Gasteiger partial charge in [-0.25, -0.2) is 9.37 Å². The molecule has 3 aromatic rings. The van der Waals surface area contributed by atoms with Gasteiger partial charge in [-0.3, -0.25) is 14.4 Å². The standard InChI is InChI=1S/C28H32FN5O4S/c1-19(2)34(27(37)20-8-10-21(29)11-9-20)17-25(35)31-28-30-22(18-39-28)16-26(36)33-14-12-32(13-15-33)23-6-4-5-7-24(23)38-3/h4-11,18-19H,12-17H2,1-3H3,(H,30,31,35). The van der Waals surface area contributed by atoms with E-state index in [4.69, 9.17) is 4.74 Å². The molecule has 39 heavy (non-hydrogen) atoms. The van der Waals surface area contributed by atoms with Gasteiger partial charge in [0.2, 0.25) is 11.8 Å². The highest BCUT2D eigenvalue weighted by Crippen LogP contribution is 2.28. The number of carbonyl (C=O) groups excluding carboxylic acids is 3. The number of nitrogens with zero attached hydrogens (tertiary/aromatic N) is 4. The number of anilines is 2. The molecule has 3 amide bonds. The number of amides is 3. The Balaban J connectivity index is 1.28. The number of nitrogens with one attached hydrogen (secondary N) is 1. The lowest BCUT2D eigenvalue weighted by molar-refractivity contribution is -0.130. The smallest absolute Gasteiger partial charge is 0.254 e. The minimum Gasteiger partial charge on any atom is -0.495 e. The van der Waals surface area contributed by atoms with Crippen molar-refractivity contribution in [1.82, 2.24) is 14.8 Å². The van der Waals surface area contributed by atoms with Gasteiger partial charge in [0, 0.05) is 43.2 Å². The van der Waals surface area contributed by atoms with E-state index in [1.807, 2.05) is 29.2 Å². The van der Waals surface area contributed by atoms with Crippen LogP contribution in [0.5, 0.6) is 5.75 Å². The fourth-order valence-electron chi connectivity index (χ4n) is 4.36. The van der Waals surface area contributed by atoms with Crippen LogP contribution in [0.15, 0.2) is 53.9 Å². The minimum absolute atomic E-state index is 0.0197. The van der Waals surface area contributed by atoms with Gasteiger partial charge in [-0.15, -0.1) is 11.3 Å². The van der Waals surface area contributed by atoms with Crippen LogP contribution in [0, 0.1) is 5.82 Å². The van der Waals surface area contributed by atoms with E-state index in [9.17, 15) is 18.8 Å². The van der Waals surface area contributed by atoms with Gasteiger partial charge >= 0.3 is 0 Å². The van der Waals surface area contributed by atoms with E-state index < -0.39 is 11.7 Å². The molecule has 1 fully saturated rings. The van der Waals surface area contributed by atoms with Crippen LogP contribution in [0.2, 0.25) is 0 Å². The first-order valence-electron chi connectivity index (χ1n) is 12.7. The lowest BCUT2D eigenvalue weighted by Crippen LogP contribution is -2.49. The lowest BCUT2D eigenvalue weighted by atomic mass is 10.1. The number of benzene rings is 2. The van der Waals surface area contributed by atoms with Crippen LogP contribution in [0.4, 0.5) is 15.2 Å². The number of methoxy groups -OCH3 is 1. The van der Waals surface area contributed by atoms with E-state index in [0.717, 1.165) is 11.4 Å². The SMILES string of the molecule is COc1ccccc1N1CCN(C(=O)Cc2csc(NC(=O)CN(C(=O)c3ccc(F)cc3)C(C)C)n2)CC1. The summed E-state index contributed by atoms with van der Waals surface area (Å²) in [5.41, 5.74) is 1.90. The van der Waals surface area contributed by atoms with Crippen molar-refractivity contribution in [3.8, 4) is 5.75 Å². The number of ether oxygens (including phenoxy) is 1. The summed E-state index contributed by atoms with van der Waals surface area (Å²) in [6.45, 7) is 6.02. The molecular weight excluding hydrogens is 521 g/mol. The highest BCUT2D eigenvalue weighted by atomic mass is 32.1. The monoisotopic (exact) mass is 553 g/mol. The molecule has 4 rings (SSSR count). The first-order valence-corrected chi connectivity index (χ1v) is 13.6. The van der Waals surface area contributed by atoms with Gasteiger partial charge in [0.1, 0.15) is 18.1 Å². The Labute approximate surface area is 231 Å². The van der Waals surface area contributed by atoms with Crippen molar-refractivity contribution in [3.63, 3.8) is 0 Å². The van der Waals surface area contributed by atoms with Crippen molar-refractivity contribution >= 4 is 39.9 Å². The Morgan fingerprint density at radius 2 is 1.77 bits per heavy atom. The largest absolute Gasteiger partial charge is 0.495 e. The van der Waals surface area contributed by atoms with Crippen molar-refractivity contribution in [3.05, 3.63) is 71.0 Å². The summed E-state index contributed by atoms with van der Waals surface area (Å²) in [5, 5.41) is 4.84. The Morgan fingerprint density at radius 1 is 1.08 bits per heavy atom. The molecule has 1 aliphatic heterocycles. The van der Waals surface area contributed by atoms with E-state index in [-0.39, 0.29) is 30.8 Å². The Hall–Kier alpha value is -3.99. The van der Waals surface area contributed by atoms with Crippen LogP contribution in [0.25, 0.3) is 0 Å². The Kier molecular flexibility index (Phi) is 9.13. The highest BCUT2D eigenvalue weighted by Gasteiger charge is 2.25. The molecule has 0 spiro atoms. The van der Waals surface area contributed by atoms with Crippen molar-refractivity contribution < 1.29 is 23.5 Å². The quantitative estimate of drug-likeness (QED) is 0.435. The second-order valence-electron chi connectivity index (χ2n) is 9.44. The van der Waals surface area contributed by atoms with Crippen molar-refractivity contribution in [2.75, 3.05) is 50.1 Å². The summed E-state index contributed by atoms with van der Waals surface area (Å²) >= 11 is 1.23. The number of hydrogen-bond donors (Lipinski definition) is 1. The van der Waals surface area contributed by atoms with Crippen LogP contribution in [0.3, 0.4) is 0 Å². The molecule has 9 nitrogen and oxygen atoms in total. The first kappa shape index (κ1) is 28.0. The molecule has 0 atom stereocenters. The highest BCUT2D eigenvalue weighted by molar-refractivity contribution is 7.13. The van der Waals surface area contributed by atoms with Gasteiger partial charge in [0.15, 0.2) is 5.13 Å². The molecule has 206 valence electrons. The molecule has 11 heteroatoms. The van der Waals surface area contributed by atoms with Crippen molar-refractivity contribution in [1.29, 1.82) is 0 Å². The van der Waals surface area contributed by atoms with Gasteiger partial charge in [-0.05, 0) is 50.2 Å². The zero-order valence-corrected chi connectivity index (χ0v) is 23.0. The van der Waals surface area contributed by atoms with E-state index in [2.05, 4.69) is 15.2 Å². The van der Waals surface area contributed by atoms with Gasteiger partial charge in [-0.2, -0.15) is 0 Å². The molecule has 2 aromatic carbocycles. The Bertz CT molecular complexity index is 1310. The third-order valence-electron chi connectivity index (χ3n) is 6.48. The summed E-state index contributed by atoms with van der Waals surface area (Å²) in [6, 6.07) is 12.8. The molecule has 0 bridgehead atoms. The van der Waals surface area contributed by atoms with E-state index in [1.54, 1.807) is 26.3 Å². The van der Waals surface area contributed by atoms with Crippen molar-refractivity contribution in [2.45, 2.75) is 26.3 Å². The fourth-order valence-corrected chi connectivity index (χ4v) is 5.09. The van der Waals surface area contributed by atoms with Gasteiger partial charge in [-0.1, -0.05) is 12.1 Å². The normalized spacial score (nSPS) is 13.4. The second-order valence-corrected chi connectivity index (χ2v) is 10.3. The lowest BCUT2D eigenvalue weighted by Gasteiger charge is -2.36. The van der Waals surface area contributed by atoms with E-state index >= 15 is 0 Å². The van der Waals surface area contributed by atoms with Crippen LogP contribution in [0.1, 0.15) is 29.9 Å². The molecule has 1 saturated heterocycles. The summed E-state index contributed by atoms with van der Waals surface area (Å²) in [7, 11) is 1.65. The molecule has 1 N–H and O–H groups in total. The van der Waals surface area contributed by atoms with Crippen LogP contribution in [-0.4, -0.2) is 78.4 Å². The number of carbonyl (C=O) groups is 3. The topological polar surface area (TPSA) is 95.1 Å². The molecule has 0 radical (unpaired) electrons. The summed E-state index contributed by atoms with van der Waals surface area (Å²) in [6.07, 6.45) is 0.141. The molecule has 1 aliphatic rings. The number of thiazole rings is 1. The number of para-hydroxylation sites is 2. The molecule has 0 aliphatic carbocycles. The number of piperazine rings is 1. The van der Waals surface area contributed by atoms with E-state index in [0.29, 0.717) is 42.6 Å². The van der Waals surface area contributed by atoms with Crippen LogP contribution in [-0.2, 0) is 16.0 Å². The fraction of sp³-hybridized carbons (Fsp3) is 0.357. The number of aromatic nitrogens is 1. The maximum Gasteiger partial charge on any atom is 0.254 e. The summed E-state index contributed by atoms with van der Waals surface area (Å²) < 4.78 is 18.7. The molecular formula is C28H32FN5O4S. The predicted molar refractivity (Wildman–Crippen MR) is 149 cm³/mol. The molecule has 1 aromatic heterocycles. The molecule has 0 unspecified atom stereocenters. The molecule has 0 saturated carbocycles. The van der Waals surface area contributed by atoms with Gasteiger partial charge in [0.05, 0.1) is 24.9 Å².